The molecule has 0 atom stereocenters. The first-order valence-electron chi connectivity index (χ1n) is 9.64. The minimum atomic E-state index is -3.53. The summed E-state index contributed by atoms with van der Waals surface area (Å²) >= 11 is 1.07. The van der Waals surface area contributed by atoms with Gasteiger partial charge in [0.25, 0.3) is 21.6 Å². The van der Waals surface area contributed by atoms with Crippen LogP contribution in [-0.2, 0) is 16.6 Å². The van der Waals surface area contributed by atoms with Gasteiger partial charge in [-0.1, -0.05) is 0 Å². The zero-order valence-electron chi connectivity index (χ0n) is 17.1. The molecule has 1 aliphatic rings. The molecular formula is C19H23N3O7S2. The van der Waals surface area contributed by atoms with Crippen LogP contribution < -0.4 is 14.8 Å². The number of carbonyl (C=O) groups excluding carboxylic acids is 1. The number of methoxy groups -OCH3 is 1. The van der Waals surface area contributed by atoms with Gasteiger partial charge in [-0.15, -0.1) is 11.3 Å². The first-order valence-corrected chi connectivity index (χ1v) is 11.9. The van der Waals surface area contributed by atoms with Gasteiger partial charge in [-0.25, -0.2) is 8.42 Å². The fourth-order valence-electron chi connectivity index (χ4n) is 3.22. The fraction of sp³-hybridized carbons (Fsp3) is 0.421. The second-order valence-corrected chi connectivity index (χ2v) is 10.1. The molecule has 3 rings (SSSR count). The van der Waals surface area contributed by atoms with Crippen LogP contribution in [0.3, 0.4) is 0 Å². The SMILES string of the molecule is CCOc1cc(C(=O)NCc2ccc(S(=O)(=O)N3CCCC3)s2)c([N+](=O)[O-])cc1OC. The van der Waals surface area contributed by atoms with Crippen LogP contribution in [-0.4, -0.2) is 50.4 Å². The standard InChI is InChI=1S/C19H23N3O7S2/c1-3-29-17-10-14(15(22(24)25)11-16(17)28-2)19(23)20-12-13-6-7-18(30-13)31(26,27)21-8-4-5-9-21/h6-7,10-11H,3-5,8-9,12H2,1-2H3,(H,20,23). The second kappa shape index (κ2) is 9.62. The van der Waals surface area contributed by atoms with E-state index >= 15 is 0 Å². The lowest BCUT2D eigenvalue weighted by Crippen LogP contribution is -2.27. The Morgan fingerprint density at radius 2 is 1.97 bits per heavy atom. The quantitative estimate of drug-likeness (QED) is 0.442. The lowest BCUT2D eigenvalue weighted by atomic mass is 10.1. The number of hydrogen-bond acceptors (Lipinski definition) is 8. The molecule has 1 aliphatic heterocycles. The highest BCUT2D eigenvalue weighted by Crippen LogP contribution is 2.35. The van der Waals surface area contributed by atoms with Crippen molar-refractivity contribution in [3.63, 3.8) is 0 Å². The lowest BCUT2D eigenvalue weighted by molar-refractivity contribution is -0.385. The Morgan fingerprint density at radius 3 is 2.58 bits per heavy atom. The van der Waals surface area contributed by atoms with E-state index in [0.29, 0.717) is 24.6 Å². The van der Waals surface area contributed by atoms with Crippen molar-refractivity contribution in [1.82, 2.24) is 9.62 Å². The van der Waals surface area contributed by atoms with Crippen molar-refractivity contribution >= 4 is 33.0 Å². The van der Waals surface area contributed by atoms with Gasteiger partial charge in [-0.05, 0) is 31.9 Å². The molecule has 1 aromatic heterocycles. The number of carbonyl (C=O) groups is 1. The molecule has 12 heteroatoms. The Balaban J connectivity index is 1.77. The van der Waals surface area contributed by atoms with Gasteiger partial charge in [0.15, 0.2) is 11.5 Å². The van der Waals surface area contributed by atoms with Crippen molar-refractivity contribution < 1.29 is 27.6 Å². The molecule has 1 amide bonds. The Morgan fingerprint density at radius 1 is 1.26 bits per heavy atom. The number of benzene rings is 1. The highest BCUT2D eigenvalue weighted by molar-refractivity contribution is 7.91. The number of ether oxygens (including phenoxy) is 2. The average molecular weight is 470 g/mol. The monoisotopic (exact) mass is 469 g/mol. The third-order valence-corrected chi connectivity index (χ3v) is 8.19. The number of amides is 1. The van der Waals surface area contributed by atoms with Gasteiger partial charge in [-0.2, -0.15) is 4.31 Å². The van der Waals surface area contributed by atoms with Crippen molar-refractivity contribution in [2.75, 3.05) is 26.8 Å². The van der Waals surface area contributed by atoms with E-state index in [4.69, 9.17) is 9.47 Å². The molecule has 0 spiro atoms. The maximum atomic E-state index is 12.7. The molecule has 1 fully saturated rings. The molecule has 0 aliphatic carbocycles. The van der Waals surface area contributed by atoms with Crippen molar-refractivity contribution in [1.29, 1.82) is 0 Å². The normalized spacial score (nSPS) is 14.4. The summed E-state index contributed by atoms with van der Waals surface area (Å²) in [7, 11) is -2.17. The maximum Gasteiger partial charge on any atom is 0.286 e. The van der Waals surface area contributed by atoms with Crippen LogP contribution >= 0.6 is 11.3 Å². The van der Waals surface area contributed by atoms with Crippen molar-refractivity contribution in [2.24, 2.45) is 0 Å². The van der Waals surface area contributed by atoms with Gasteiger partial charge in [-0.3, -0.25) is 14.9 Å². The summed E-state index contributed by atoms with van der Waals surface area (Å²) in [4.78, 5) is 24.1. The van der Waals surface area contributed by atoms with Crippen molar-refractivity contribution in [2.45, 2.75) is 30.5 Å². The number of rotatable bonds is 9. The minimum absolute atomic E-state index is 0.0339. The summed E-state index contributed by atoms with van der Waals surface area (Å²) in [5, 5.41) is 14.1. The Hall–Kier alpha value is -2.70. The van der Waals surface area contributed by atoms with E-state index in [1.807, 2.05) is 0 Å². The van der Waals surface area contributed by atoms with Crippen molar-refractivity contribution in [3.8, 4) is 11.5 Å². The van der Waals surface area contributed by atoms with Crippen LogP contribution in [0.1, 0.15) is 35.0 Å². The smallest absolute Gasteiger partial charge is 0.286 e. The lowest BCUT2D eigenvalue weighted by Gasteiger charge is -2.13. The van der Waals surface area contributed by atoms with Gasteiger partial charge in [0.1, 0.15) is 9.77 Å². The highest BCUT2D eigenvalue weighted by Gasteiger charge is 2.29. The van der Waals surface area contributed by atoms with Crippen LogP contribution in [0.2, 0.25) is 0 Å². The summed E-state index contributed by atoms with van der Waals surface area (Å²) in [5.41, 5.74) is -0.586. The third kappa shape index (κ3) is 4.97. The zero-order valence-corrected chi connectivity index (χ0v) is 18.8. The second-order valence-electron chi connectivity index (χ2n) is 6.72. The van der Waals surface area contributed by atoms with E-state index in [9.17, 15) is 23.3 Å². The van der Waals surface area contributed by atoms with E-state index in [0.717, 1.165) is 30.2 Å². The number of sulfonamides is 1. The third-order valence-electron chi connectivity index (χ3n) is 4.74. The largest absolute Gasteiger partial charge is 0.493 e. The Bertz CT molecular complexity index is 1080. The first kappa shape index (κ1) is 23.0. The number of nitrogens with zero attached hydrogens (tertiary/aromatic N) is 2. The topological polar surface area (TPSA) is 128 Å². The Kier molecular flexibility index (Phi) is 7.13. The zero-order chi connectivity index (χ0) is 22.6. The molecule has 31 heavy (non-hydrogen) atoms. The van der Waals surface area contributed by atoms with E-state index in [-0.39, 0.29) is 27.8 Å². The molecule has 10 nitrogen and oxygen atoms in total. The van der Waals surface area contributed by atoms with Gasteiger partial charge >= 0.3 is 0 Å². The van der Waals surface area contributed by atoms with Crippen LogP contribution in [0.5, 0.6) is 11.5 Å². The van der Waals surface area contributed by atoms with Crippen LogP contribution in [0, 0.1) is 10.1 Å². The number of nitro groups is 1. The van der Waals surface area contributed by atoms with Crippen LogP contribution in [0.15, 0.2) is 28.5 Å². The minimum Gasteiger partial charge on any atom is -0.493 e. The molecule has 2 heterocycles. The van der Waals surface area contributed by atoms with Gasteiger partial charge in [0.2, 0.25) is 0 Å². The molecular weight excluding hydrogens is 446 g/mol. The number of nitrogens with one attached hydrogen (secondary N) is 1. The molecule has 1 aromatic carbocycles. The predicted octanol–water partition coefficient (Wildman–Crippen LogP) is 2.78. The molecule has 0 saturated carbocycles. The Labute approximate surface area is 184 Å². The van der Waals surface area contributed by atoms with Crippen LogP contribution in [0.25, 0.3) is 0 Å². The first-order chi connectivity index (χ1) is 14.8. The van der Waals surface area contributed by atoms with E-state index in [1.54, 1.807) is 13.0 Å². The summed E-state index contributed by atoms with van der Waals surface area (Å²) in [6.07, 6.45) is 1.69. The number of thiophene rings is 1. The summed E-state index contributed by atoms with van der Waals surface area (Å²) < 4.78 is 37.5. The molecule has 1 saturated heterocycles. The fourth-order valence-corrected chi connectivity index (χ4v) is 6.19. The number of hydrogen-bond donors (Lipinski definition) is 1. The predicted molar refractivity (Wildman–Crippen MR) is 114 cm³/mol. The average Bonchev–Trinajstić information content (AvgIpc) is 3.44. The molecule has 168 valence electrons. The van der Waals surface area contributed by atoms with E-state index in [1.165, 1.54) is 23.5 Å². The van der Waals surface area contributed by atoms with Gasteiger partial charge in [0, 0.05) is 24.0 Å². The molecule has 1 N–H and O–H groups in total. The molecule has 0 bridgehead atoms. The summed E-state index contributed by atoms with van der Waals surface area (Å²) in [5.74, 6) is -0.302. The van der Waals surface area contributed by atoms with Crippen LogP contribution in [0.4, 0.5) is 5.69 Å². The summed E-state index contributed by atoms with van der Waals surface area (Å²) in [6, 6.07) is 5.56. The molecule has 0 unspecified atom stereocenters. The highest BCUT2D eigenvalue weighted by atomic mass is 32.2. The molecule has 0 radical (unpaired) electrons. The van der Waals surface area contributed by atoms with Gasteiger partial charge < -0.3 is 14.8 Å². The van der Waals surface area contributed by atoms with E-state index in [2.05, 4.69) is 5.32 Å². The number of nitro benzene ring substituents is 1. The van der Waals surface area contributed by atoms with Crippen molar-refractivity contribution in [3.05, 3.63) is 44.8 Å². The maximum absolute atomic E-state index is 12.7. The molecule has 2 aromatic rings. The summed E-state index contributed by atoms with van der Waals surface area (Å²) in [6.45, 7) is 3.08. The van der Waals surface area contributed by atoms with E-state index < -0.39 is 26.5 Å². The van der Waals surface area contributed by atoms with Gasteiger partial charge in [0.05, 0.1) is 31.3 Å².